The van der Waals surface area contributed by atoms with E-state index in [1.54, 1.807) is 0 Å². The zero-order chi connectivity index (χ0) is 18.6. The minimum atomic E-state index is -0.0939. The van der Waals surface area contributed by atoms with Gasteiger partial charge in [0, 0.05) is 0 Å². The largest absolute Gasteiger partial charge is 0.483 e. The summed E-state index contributed by atoms with van der Waals surface area (Å²) in [4.78, 5) is 12.4. The fraction of sp³-hybridized carbons (Fsp3) is 0.409. The molecule has 3 heteroatoms. The molecule has 0 aliphatic heterocycles. The summed E-state index contributed by atoms with van der Waals surface area (Å²) in [7, 11) is 0. The summed E-state index contributed by atoms with van der Waals surface area (Å²) in [6, 6.07) is 10.5. The van der Waals surface area contributed by atoms with Crippen molar-refractivity contribution in [3.63, 3.8) is 0 Å². The number of nitrogens with one attached hydrogen (secondary N) is 1. The predicted octanol–water partition coefficient (Wildman–Crippen LogP) is 4.88. The van der Waals surface area contributed by atoms with Crippen LogP contribution in [-0.4, -0.2) is 12.5 Å². The lowest BCUT2D eigenvalue weighted by atomic mass is 9.99. The Kier molecular flexibility index (Phi) is 6.24. The number of amides is 1. The third-order valence-corrected chi connectivity index (χ3v) is 4.80. The Morgan fingerprint density at radius 3 is 2.36 bits per heavy atom. The van der Waals surface area contributed by atoms with E-state index in [1.807, 2.05) is 19.9 Å². The number of benzene rings is 2. The summed E-state index contributed by atoms with van der Waals surface area (Å²) in [6.45, 7) is 12.4. The highest BCUT2D eigenvalue weighted by Crippen LogP contribution is 2.23. The van der Waals surface area contributed by atoms with Crippen LogP contribution in [0.5, 0.6) is 5.75 Å². The van der Waals surface area contributed by atoms with Crippen LogP contribution in [0.1, 0.15) is 52.8 Å². The Hall–Kier alpha value is -2.29. The van der Waals surface area contributed by atoms with Crippen LogP contribution in [0.4, 0.5) is 0 Å². The number of carbonyl (C=O) groups excluding carboxylic acids is 1. The smallest absolute Gasteiger partial charge is 0.258 e. The van der Waals surface area contributed by atoms with Gasteiger partial charge in [0.05, 0.1) is 6.04 Å². The summed E-state index contributed by atoms with van der Waals surface area (Å²) < 4.78 is 5.77. The number of carbonyl (C=O) groups is 1. The predicted molar refractivity (Wildman–Crippen MR) is 103 cm³/mol. The second kappa shape index (κ2) is 8.19. The molecule has 1 amide bonds. The van der Waals surface area contributed by atoms with Crippen LogP contribution in [-0.2, 0) is 4.79 Å². The molecule has 134 valence electrons. The van der Waals surface area contributed by atoms with Gasteiger partial charge < -0.3 is 10.1 Å². The Morgan fingerprint density at radius 1 is 1.00 bits per heavy atom. The highest BCUT2D eigenvalue weighted by molar-refractivity contribution is 5.78. The van der Waals surface area contributed by atoms with Gasteiger partial charge in [-0.05, 0) is 80.5 Å². The van der Waals surface area contributed by atoms with Crippen LogP contribution in [0.3, 0.4) is 0 Å². The van der Waals surface area contributed by atoms with Gasteiger partial charge in [-0.15, -0.1) is 0 Å². The summed E-state index contributed by atoms with van der Waals surface area (Å²) in [5.74, 6) is 0.690. The lowest BCUT2D eigenvalue weighted by molar-refractivity contribution is -0.123. The Labute approximate surface area is 151 Å². The average Bonchev–Trinajstić information content (AvgIpc) is 2.57. The van der Waals surface area contributed by atoms with Crippen molar-refractivity contribution < 1.29 is 9.53 Å². The van der Waals surface area contributed by atoms with Crippen LogP contribution in [0, 0.1) is 34.6 Å². The van der Waals surface area contributed by atoms with Crippen molar-refractivity contribution >= 4 is 5.91 Å². The van der Waals surface area contributed by atoms with E-state index in [9.17, 15) is 4.79 Å². The van der Waals surface area contributed by atoms with Crippen LogP contribution in [0.25, 0.3) is 0 Å². The van der Waals surface area contributed by atoms with E-state index in [0.29, 0.717) is 0 Å². The molecule has 0 aliphatic rings. The molecule has 2 aromatic rings. The Bertz CT molecular complexity index is 765. The highest BCUT2D eigenvalue weighted by atomic mass is 16.5. The molecule has 0 fully saturated rings. The first-order valence-corrected chi connectivity index (χ1v) is 8.89. The quantitative estimate of drug-likeness (QED) is 0.815. The summed E-state index contributed by atoms with van der Waals surface area (Å²) in [5, 5.41) is 3.08. The third kappa shape index (κ3) is 4.85. The first-order chi connectivity index (χ1) is 11.8. The van der Waals surface area contributed by atoms with Crippen LogP contribution < -0.4 is 10.1 Å². The van der Waals surface area contributed by atoms with Gasteiger partial charge in [-0.2, -0.15) is 0 Å². The normalized spacial score (nSPS) is 11.9. The SMILES string of the molecule is CCC(NC(=O)COc1cc(C)cc(C)c1C)c1ccc(C)c(C)c1. The van der Waals surface area contributed by atoms with Gasteiger partial charge in [-0.3, -0.25) is 4.79 Å². The van der Waals surface area contributed by atoms with Crippen LogP contribution in [0.15, 0.2) is 30.3 Å². The van der Waals surface area contributed by atoms with E-state index < -0.39 is 0 Å². The highest BCUT2D eigenvalue weighted by Gasteiger charge is 2.14. The fourth-order valence-corrected chi connectivity index (χ4v) is 2.93. The molecule has 1 N–H and O–H groups in total. The number of hydrogen-bond acceptors (Lipinski definition) is 2. The van der Waals surface area contributed by atoms with Crippen LogP contribution in [0.2, 0.25) is 0 Å². The standard InChI is InChI=1S/C22H29NO2/c1-7-20(19-9-8-15(3)16(4)12-19)23-22(24)13-25-21-11-14(2)10-17(5)18(21)6/h8-12,20H,7,13H2,1-6H3,(H,23,24). The van der Waals surface area contributed by atoms with Gasteiger partial charge in [0.25, 0.3) is 5.91 Å². The number of hydrogen-bond donors (Lipinski definition) is 1. The Balaban J connectivity index is 2.02. The molecule has 0 bridgehead atoms. The van der Waals surface area contributed by atoms with Crippen molar-refractivity contribution in [3.05, 3.63) is 63.7 Å². The molecule has 25 heavy (non-hydrogen) atoms. The molecule has 0 spiro atoms. The van der Waals surface area contributed by atoms with Gasteiger partial charge >= 0.3 is 0 Å². The molecular formula is C22H29NO2. The van der Waals surface area contributed by atoms with E-state index in [4.69, 9.17) is 4.74 Å². The number of aryl methyl sites for hydroxylation is 4. The molecule has 3 nitrogen and oxygen atoms in total. The molecule has 2 rings (SSSR count). The van der Waals surface area contributed by atoms with E-state index in [1.165, 1.54) is 16.7 Å². The van der Waals surface area contributed by atoms with Crippen molar-refractivity contribution in [1.82, 2.24) is 5.32 Å². The van der Waals surface area contributed by atoms with Gasteiger partial charge in [-0.1, -0.05) is 31.2 Å². The monoisotopic (exact) mass is 339 g/mol. The number of ether oxygens (including phenoxy) is 1. The maximum absolute atomic E-state index is 12.4. The molecule has 0 radical (unpaired) electrons. The lowest BCUT2D eigenvalue weighted by Crippen LogP contribution is -2.32. The molecule has 1 unspecified atom stereocenters. The van der Waals surface area contributed by atoms with E-state index >= 15 is 0 Å². The zero-order valence-corrected chi connectivity index (χ0v) is 16.2. The molecule has 0 aromatic heterocycles. The van der Waals surface area contributed by atoms with Gasteiger partial charge in [0.2, 0.25) is 0 Å². The van der Waals surface area contributed by atoms with Crippen molar-refractivity contribution in [1.29, 1.82) is 0 Å². The second-order valence-electron chi connectivity index (χ2n) is 6.87. The molecule has 1 atom stereocenters. The molecule has 0 aliphatic carbocycles. The molecule has 0 saturated carbocycles. The molecular weight excluding hydrogens is 310 g/mol. The van der Waals surface area contributed by atoms with Gasteiger partial charge in [0.1, 0.15) is 5.75 Å². The molecule has 2 aromatic carbocycles. The van der Waals surface area contributed by atoms with Crippen LogP contribution >= 0.6 is 0 Å². The summed E-state index contributed by atoms with van der Waals surface area (Å²) in [5.41, 5.74) is 7.05. The third-order valence-electron chi connectivity index (χ3n) is 4.80. The van der Waals surface area contributed by atoms with E-state index in [0.717, 1.165) is 28.9 Å². The Morgan fingerprint density at radius 2 is 1.72 bits per heavy atom. The van der Waals surface area contributed by atoms with Gasteiger partial charge in [0.15, 0.2) is 6.61 Å². The minimum absolute atomic E-state index is 0.00995. The molecule has 0 saturated heterocycles. The average molecular weight is 339 g/mol. The van der Waals surface area contributed by atoms with Crippen molar-refractivity contribution in [2.24, 2.45) is 0 Å². The fourth-order valence-electron chi connectivity index (χ4n) is 2.93. The van der Waals surface area contributed by atoms with Crippen molar-refractivity contribution in [2.45, 2.75) is 54.0 Å². The number of rotatable bonds is 6. The van der Waals surface area contributed by atoms with Gasteiger partial charge in [-0.25, -0.2) is 0 Å². The maximum atomic E-state index is 12.4. The van der Waals surface area contributed by atoms with E-state index in [2.05, 4.69) is 57.3 Å². The van der Waals surface area contributed by atoms with Crippen molar-refractivity contribution in [3.8, 4) is 5.75 Å². The maximum Gasteiger partial charge on any atom is 0.258 e. The first-order valence-electron chi connectivity index (χ1n) is 8.89. The van der Waals surface area contributed by atoms with Crippen molar-refractivity contribution in [2.75, 3.05) is 6.61 Å². The van der Waals surface area contributed by atoms with E-state index in [-0.39, 0.29) is 18.6 Å². The topological polar surface area (TPSA) is 38.3 Å². The molecule has 0 heterocycles. The first kappa shape index (κ1) is 19.0. The summed E-state index contributed by atoms with van der Waals surface area (Å²) >= 11 is 0. The second-order valence-corrected chi connectivity index (χ2v) is 6.87. The summed E-state index contributed by atoms with van der Waals surface area (Å²) in [6.07, 6.45) is 0.844. The minimum Gasteiger partial charge on any atom is -0.483 e. The zero-order valence-electron chi connectivity index (χ0n) is 16.2. The lowest BCUT2D eigenvalue weighted by Gasteiger charge is -2.19.